The first-order chi connectivity index (χ1) is 5.50. The number of fused-ring (bicyclic) bond motifs is 1. The van der Waals surface area contributed by atoms with Crippen molar-refractivity contribution in [1.29, 1.82) is 0 Å². The first-order valence-corrected chi connectivity index (χ1v) is 5.69. The van der Waals surface area contributed by atoms with Gasteiger partial charge in [0.25, 0.3) is 10.0 Å². The van der Waals surface area contributed by atoms with E-state index >= 15 is 0 Å². The third-order valence-corrected chi connectivity index (χ3v) is 4.63. The molecule has 64 valence electrons. The maximum absolute atomic E-state index is 11.3. The van der Waals surface area contributed by atoms with Gasteiger partial charge in [0, 0.05) is 10.4 Å². The molecule has 5 heteroatoms. The lowest BCUT2D eigenvalue weighted by atomic mass is 10.2. The highest BCUT2D eigenvalue weighted by molar-refractivity contribution is 7.92. The van der Waals surface area contributed by atoms with Gasteiger partial charge in [0.1, 0.15) is 0 Å². The molecule has 3 nitrogen and oxygen atoms in total. The molecule has 1 aliphatic heterocycles. The molecule has 0 unspecified atom stereocenters. The van der Waals surface area contributed by atoms with Gasteiger partial charge in [-0.1, -0.05) is 0 Å². The zero-order valence-electron chi connectivity index (χ0n) is 6.66. The zero-order chi connectivity index (χ0) is 8.93. The fourth-order valence-electron chi connectivity index (χ4n) is 1.21. The van der Waals surface area contributed by atoms with Crippen molar-refractivity contribution >= 4 is 27.1 Å². The van der Waals surface area contributed by atoms with E-state index < -0.39 is 10.0 Å². The van der Waals surface area contributed by atoms with Crippen LogP contribution in [-0.2, 0) is 10.0 Å². The number of hydrogen-bond acceptors (Lipinski definition) is 3. The van der Waals surface area contributed by atoms with Gasteiger partial charge in [-0.3, -0.25) is 0 Å². The monoisotopic (exact) mass is 201 g/mol. The number of thiophene rings is 1. The van der Waals surface area contributed by atoms with E-state index in [4.69, 9.17) is 0 Å². The maximum Gasteiger partial charge on any atom is 0.292 e. The van der Waals surface area contributed by atoms with Crippen molar-refractivity contribution < 1.29 is 8.42 Å². The molecule has 0 aromatic carbocycles. The van der Waals surface area contributed by atoms with E-state index in [1.165, 1.54) is 11.3 Å². The molecule has 12 heavy (non-hydrogen) atoms. The summed E-state index contributed by atoms with van der Waals surface area (Å²) >= 11 is 1.28. The summed E-state index contributed by atoms with van der Waals surface area (Å²) < 4.78 is 26.6. The molecule has 0 saturated heterocycles. The molecule has 0 fully saturated rings. The van der Waals surface area contributed by atoms with Crippen LogP contribution >= 0.6 is 11.3 Å². The van der Waals surface area contributed by atoms with E-state index in [9.17, 15) is 8.42 Å². The van der Waals surface area contributed by atoms with Crippen molar-refractivity contribution in [1.82, 2.24) is 0 Å². The van der Waals surface area contributed by atoms with Crippen molar-refractivity contribution in [2.45, 2.75) is 18.1 Å². The van der Waals surface area contributed by atoms with Crippen LogP contribution in [0.25, 0.3) is 0 Å². The summed E-state index contributed by atoms with van der Waals surface area (Å²) in [6.07, 6.45) is 0. The van der Waals surface area contributed by atoms with E-state index in [0.29, 0.717) is 9.92 Å². The molecule has 0 N–H and O–H groups in total. The number of aryl methyl sites for hydroxylation is 1. The van der Waals surface area contributed by atoms with Crippen molar-refractivity contribution in [3.63, 3.8) is 0 Å². The van der Waals surface area contributed by atoms with Crippen molar-refractivity contribution in [2.24, 2.45) is 4.40 Å². The Kier molecular flexibility index (Phi) is 1.44. The summed E-state index contributed by atoms with van der Waals surface area (Å²) in [5.74, 6) is 0. The molecular formula is C7H7NO2S2. The minimum Gasteiger partial charge on any atom is -0.198 e. The first kappa shape index (κ1) is 7.94. The van der Waals surface area contributed by atoms with E-state index in [1.54, 1.807) is 6.92 Å². The third kappa shape index (κ3) is 0.931. The average Bonchev–Trinajstić information content (AvgIpc) is 2.37. The maximum atomic E-state index is 11.3. The summed E-state index contributed by atoms with van der Waals surface area (Å²) in [7, 11) is -3.33. The summed E-state index contributed by atoms with van der Waals surface area (Å²) in [5.41, 5.74) is 1.38. The highest BCUT2D eigenvalue weighted by atomic mass is 32.2. The highest BCUT2D eigenvalue weighted by Crippen LogP contribution is 2.33. The van der Waals surface area contributed by atoms with Crippen LogP contribution < -0.4 is 0 Å². The quantitative estimate of drug-likeness (QED) is 0.639. The molecule has 0 saturated carbocycles. The molecule has 0 bridgehead atoms. The molecule has 1 aromatic rings. The lowest BCUT2D eigenvalue weighted by Crippen LogP contribution is -1.87. The molecule has 2 rings (SSSR count). The second-order valence-corrected chi connectivity index (χ2v) is 5.77. The fourth-order valence-corrected chi connectivity index (χ4v) is 3.95. The van der Waals surface area contributed by atoms with E-state index in [-0.39, 0.29) is 0 Å². The topological polar surface area (TPSA) is 46.5 Å². The van der Waals surface area contributed by atoms with Crippen molar-refractivity contribution in [3.05, 3.63) is 16.5 Å². The minimum atomic E-state index is -3.33. The molecule has 0 atom stereocenters. The second kappa shape index (κ2) is 2.17. The third-order valence-electron chi connectivity index (χ3n) is 1.70. The number of sulfonamides is 1. The van der Waals surface area contributed by atoms with Gasteiger partial charge in [0.05, 0.1) is 5.71 Å². The van der Waals surface area contributed by atoms with Crippen LogP contribution in [0.2, 0.25) is 0 Å². The smallest absolute Gasteiger partial charge is 0.198 e. The molecule has 1 aromatic heterocycles. The molecule has 0 radical (unpaired) electrons. The van der Waals surface area contributed by atoms with E-state index in [1.807, 2.05) is 13.0 Å². The van der Waals surface area contributed by atoms with Gasteiger partial charge in [-0.15, -0.1) is 11.3 Å². The van der Waals surface area contributed by atoms with Crippen LogP contribution in [0.5, 0.6) is 0 Å². The Morgan fingerprint density at radius 1 is 1.42 bits per heavy atom. The Morgan fingerprint density at radius 2 is 2.08 bits per heavy atom. The van der Waals surface area contributed by atoms with Gasteiger partial charge in [0.15, 0.2) is 4.21 Å². The van der Waals surface area contributed by atoms with Gasteiger partial charge in [-0.05, 0) is 19.9 Å². The standard InChI is InChI=1S/C7H7NO2S2/c1-4-3-6-5(2)8-12(9,10)7(6)11-4/h3H,1-2H3. The SMILES string of the molecule is CC1=NS(=O)(=O)c2sc(C)cc21. The summed E-state index contributed by atoms with van der Waals surface area (Å²) in [5, 5.41) is 0. The Morgan fingerprint density at radius 3 is 2.67 bits per heavy atom. The van der Waals surface area contributed by atoms with Gasteiger partial charge in [0.2, 0.25) is 0 Å². The van der Waals surface area contributed by atoms with Gasteiger partial charge >= 0.3 is 0 Å². The predicted octanol–water partition coefficient (Wildman–Crippen LogP) is 1.57. The lowest BCUT2D eigenvalue weighted by Gasteiger charge is -1.84. The molecule has 2 heterocycles. The molecule has 0 spiro atoms. The van der Waals surface area contributed by atoms with Crippen LogP contribution in [0.4, 0.5) is 0 Å². The Labute approximate surface area is 74.8 Å². The van der Waals surface area contributed by atoms with Gasteiger partial charge < -0.3 is 0 Å². The highest BCUT2D eigenvalue weighted by Gasteiger charge is 2.28. The fraction of sp³-hybridized carbons (Fsp3) is 0.286. The van der Waals surface area contributed by atoms with Crippen LogP contribution in [0.3, 0.4) is 0 Å². The van der Waals surface area contributed by atoms with Crippen molar-refractivity contribution in [3.8, 4) is 0 Å². The lowest BCUT2D eigenvalue weighted by molar-refractivity contribution is 0.601. The zero-order valence-corrected chi connectivity index (χ0v) is 8.29. The number of rotatable bonds is 0. The first-order valence-electron chi connectivity index (χ1n) is 3.43. The van der Waals surface area contributed by atoms with Gasteiger partial charge in [-0.25, -0.2) is 0 Å². The Bertz CT molecular complexity index is 468. The van der Waals surface area contributed by atoms with E-state index in [2.05, 4.69) is 4.40 Å². The molecule has 1 aliphatic rings. The summed E-state index contributed by atoms with van der Waals surface area (Å²) in [4.78, 5) is 1.01. The minimum absolute atomic E-state index is 0.400. The average molecular weight is 201 g/mol. The van der Waals surface area contributed by atoms with Crippen LogP contribution in [0, 0.1) is 6.92 Å². The molecular weight excluding hydrogens is 194 g/mol. The number of hydrogen-bond donors (Lipinski definition) is 0. The van der Waals surface area contributed by atoms with Crippen LogP contribution in [-0.4, -0.2) is 14.1 Å². The summed E-state index contributed by atoms with van der Waals surface area (Å²) in [6.45, 7) is 3.61. The van der Waals surface area contributed by atoms with Crippen molar-refractivity contribution in [2.75, 3.05) is 0 Å². The van der Waals surface area contributed by atoms with Crippen LogP contribution in [0.15, 0.2) is 14.7 Å². The Balaban J connectivity index is 2.84. The molecule has 0 aliphatic carbocycles. The predicted molar refractivity (Wildman–Crippen MR) is 48.5 cm³/mol. The normalized spacial score (nSPS) is 19.0. The second-order valence-electron chi connectivity index (χ2n) is 2.71. The molecule has 0 amide bonds. The van der Waals surface area contributed by atoms with Crippen LogP contribution in [0.1, 0.15) is 17.4 Å². The summed E-state index contributed by atoms with van der Waals surface area (Å²) in [6, 6.07) is 1.86. The van der Waals surface area contributed by atoms with Gasteiger partial charge in [-0.2, -0.15) is 12.8 Å². The van der Waals surface area contributed by atoms with E-state index in [0.717, 1.165) is 10.4 Å². The number of nitrogens with zero attached hydrogens (tertiary/aromatic N) is 1. The largest absolute Gasteiger partial charge is 0.292 e. The Hall–Kier alpha value is -0.680.